The maximum absolute atomic E-state index is 12.9. The van der Waals surface area contributed by atoms with Crippen molar-refractivity contribution < 1.29 is 28.6 Å². The molecule has 0 rings (SSSR count). The van der Waals surface area contributed by atoms with E-state index in [1.165, 1.54) is 225 Å². The molecule has 0 aromatic carbocycles. The fourth-order valence-electron chi connectivity index (χ4n) is 9.41. The topological polar surface area (TPSA) is 78.9 Å². The number of carbonyl (C=O) groups is 3. The third-order valence-corrected chi connectivity index (χ3v) is 14.3. The fourth-order valence-corrected chi connectivity index (χ4v) is 9.41. The molecular weight excluding hydrogens is 901 g/mol. The SMILES string of the molecule is CCCCC/C=C\C/C=C\CCCCCCCCCC(=O)OC(COC(=O)CCCCCCC/C=C\CCCCCCCC)COC(=O)CCCCCCCCCCCCC/C=C\CCCCCCCCCC. The largest absolute Gasteiger partial charge is 0.462 e. The van der Waals surface area contributed by atoms with Crippen LogP contribution in [-0.2, 0) is 28.6 Å². The van der Waals surface area contributed by atoms with Crippen LogP contribution in [0.3, 0.4) is 0 Å². The molecule has 6 nitrogen and oxygen atoms in total. The average molecular weight is 1020 g/mol. The highest BCUT2D eigenvalue weighted by Crippen LogP contribution is 2.17. The second-order valence-corrected chi connectivity index (χ2v) is 21.7. The number of hydrogen-bond acceptors (Lipinski definition) is 6. The Morgan fingerprint density at radius 3 is 0.795 bits per heavy atom. The molecule has 6 heteroatoms. The lowest BCUT2D eigenvalue weighted by Crippen LogP contribution is -2.30. The smallest absolute Gasteiger partial charge is 0.306 e. The molecule has 1 atom stereocenters. The highest BCUT2D eigenvalue weighted by Gasteiger charge is 2.19. The van der Waals surface area contributed by atoms with Crippen LogP contribution < -0.4 is 0 Å². The lowest BCUT2D eigenvalue weighted by Gasteiger charge is -2.18. The lowest BCUT2D eigenvalue weighted by molar-refractivity contribution is -0.167. The van der Waals surface area contributed by atoms with Crippen molar-refractivity contribution in [2.24, 2.45) is 0 Å². The van der Waals surface area contributed by atoms with Crippen molar-refractivity contribution in [2.75, 3.05) is 13.2 Å². The quantitative estimate of drug-likeness (QED) is 0.0261. The standard InChI is InChI=1S/C67H122O6/c1-4-7-10-13-16-19-22-25-28-30-31-32-33-34-35-37-39-42-45-48-51-54-57-60-66(69)72-63-64(62-71-65(68)59-56-53-50-47-44-41-38-27-24-21-18-15-12-9-6-3)73-67(70)61-58-55-52-49-46-43-40-36-29-26-23-20-17-14-11-8-5-2/h17,20,26-27,29-31,38,64H,4-16,18-19,21-25,28,32-37,39-63H2,1-3H3/b20-17-,29-26-,31-30-,38-27-. The molecule has 0 saturated heterocycles. The molecule has 0 aromatic rings. The highest BCUT2D eigenvalue weighted by molar-refractivity contribution is 5.71. The van der Waals surface area contributed by atoms with Gasteiger partial charge in [0.05, 0.1) is 0 Å². The van der Waals surface area contributed by atoms with Crippen LogP contribution in [0, 0.1) is 0 Å². The van der Waals surface area contributed by atoms with Crippen molar-refractivity contribution in [1.29, 1.82) is 0 Å². The molecule has 73 heavy (non-hydrogen) atoms. The van der Waals surface area contributed by atoms with Gasteiger partial charge in [0.1, 0.15) is 13.2 Å². The number of rotatable bonds is 59. The van der Waals surface area contributed by atoms with Crippen LogP contribution in [-0.4, -0.2) is 37.2 Å². The van der Waals surface area contributed by atoms with Crippen LogP contribution >= 0.6 is 0 Å². The number of esters is 3. The van der Waals surface area contributed by atoms with E-state index in [4.69, 9.17) is 14.2 Å². The van der Waals surface area contributed by atoms with Crippen molar-refractivity contribution in [3.63, 3.8) is 0 Å². The van der Waals surface area contributed by atoms with Gasteiger partial charge in [-0.25, -0.2) is 0 Å². The molecule has 0 N–H and O–H groups in total. The second-order valence-electron chi connectivity index (χ2n) is 21.7. The number of hydrogen-bond donors (Lipinski definition) is 0. The maximum atomic E-state index is 12.9. The van der Waals surface area contributed by atoms with E-state index < -0.39 is 6.10 Å². The van der Waals surface area contributed by atoms with Crippen LogP contribution in [0.5, 0.6) is 0 Å². The Morgan fingerprint density at radius 1 is 0.274 bits per heavy atom. The zero-order valence-electron chi connectivity index (χ0n) is 48.9. The number of unbranched alkanes of at least 4 members (excludes halogenated alkanes) is 40. The minimum absolute atomic E-state index is 0.0771. The van der Waals surface area contributed by atoms with E-state index >= 15 is 0 Å². The summed E-state index contributed by atoms with van der Waals surface area (Å²) in [6.07, 6.45) is 76.8. The summed E-state index contributed by atoms with van der Waals surface area (Å²) in [5.41, 5.74) is 0. The van der Waals surface area contributed by atoms with E-state index in [9.17, 15) is 14.4 Å². The zero-order valence-corrected chi connectivity index (χ0v) is 48.9. The Balaban J connectivity index is 4.32. The first-order valence-corrected chi connectivity index (χ1v) is 32.1. The van der Waals surface area contributed by atoms with Gasteiger partial charge < -0.3 is 14.2 Å². The van der Waals surface area contributed by atoms with Gasteiger partial charge in [-0.1, -0.05) is 268 Å². The van der Waals surface area contributed by atoms with E-state index in [-0.39, 0.29) is 31.1 Å². The first kappa shape index (κ1) is 70.4. The van der Waals surface area contributed by atoms with Crippen LogP contribution in [0.15, 0.2) is 48.6 Å². The Kier molecular flexibility index (Phi) is 59.7. The van der Waals surface area contributed by atoms with Crippen molar-refractivity contribution in [1.82, 2.24) is 0 Å². The Labute approximate surface area is 454 Å². The summed E-state index contributed by atoms with van der Waals surface area (Å²) in [7, 11) is 0. The summed E-state index contributed by atoms with van der Waals surface area (Å²) in [5.74, 6) is -0.876. The Hall–Kier alpha value is -2.63. The van der Waals surface area contributed by atoms with Crippen molar-refractivity contribution in [3.8, 4) is 0 Å². The molecule has 0 aliphatic carbocycles. The monoisotopic (exact) mass is 1020 g/mol. The molecule has 0 bridgehead atoms. The van der Waals surface area contributed by atoms with Gasteiger partial charge in [0.15, 0.2) is 6.10 Å². The molecule has 0 aliphatic heterocycles. The lowest BCUT2D eigenvalue weighted by atomic mass is 10.0. The molecule has 0 fully saturated rings. The summed E-state index contributed by atoms with van der Waals surface area (Å²) in [6, 6.07) is 0. The van der Waals surface area contributed by atoms with E-state index in [0.29, 0.717) is 19.3 Å². The first-order chi connectivity index (χ1) is 36.0. The molecule has 0 spiro atoms. The molecule has 0 amide bonds. The van der Waals surface area contributed by atoms with Crippen LogP contribution in [0.25, 0.3) is 0 Å². The molecule has 0 radical (unpaired) electrons. The molecule has 0 aromatic heterocycles. The predicted molar refractivity (Wildman–Crippen MR) is 316 cm³/mol. The van der Waals surface area contributed by atoms with Crippen LogP contribution in [0.2, 0.25) is 0 Å². The van der Waals surface area contributed by atoms with Gasteiger partial charge in [-0.3, -0.25) is 14.4 Å². The average Bonchev–Trinajstić information content (AvgIpc) is 3.39. The third kappa shape index (κ3) is 60.1. The minimum Gasteiger partial charge on any atom is -0.462 e. The van der Waals surface area contributed by atoms with Crippen molar-refractivity contribution >= 4 is 17.9 Å². The Bertz CT molecular complexity index is 1270. The summed E-state index contributed by atoms with van der Waals surface area (Å²) in [4.78, 5) is 38.3. The molecule has 426 valence electrons. The fraction of sp³-hybridized carbons (Fsp3) is 0.836. The number of ether oxygens (including phenoxy) is 3. The zero-order chi connectivity index (χ0) is 52.9. The van der Waals surface area contributed by atoms with Crippen molar-refractivity contribution in [2.45, 2.75) is 348 Å². The van der Waals surface area contributed by atoms with Gasteiger partial charge in [-0.05, 0) is 103 Å². The molecule has 1 unspecified atom stereocenters. The minimum atomic E-state index is -0.781. The summed E-state index contributed by atoms with van der Waals surface area (Å²) < 4.78 is 16.9. The highest BCUT2D eigenvalue weighted by atomic mass is 16.6. The Morgan fingerprint density at radius 2 is 0.493 bits per heavy atom. The van der Waals surface area contributed by atoms with Gasteiger partial charge in [0.25, 0.3) is 0 Å². The summed E-state index contributed by atoms with van der Waals surface area (Å²) >= 11 is 0. The van der Waals surface area contributed by atoms with Gasteiger partial charge in [0.2, 0.25) is 0 Å². The predicted octanol–water partition coefficient (Wildman–Crippen LogP) is 21.8. The normalized spacial score (nSPS) is 12.3. The summed E-state index contributed by atoms with van der Waals surface area (Å²) in [6.45, 7) is 6.64. The van der Waals surface area contributed by atoms with Gasteiger partial charge >= 0.3 is 17.9 Å². The van der Waals surface area contributed by atoms with E-state index in [0.717, 1.165) is 77.0 Å². The van der Waals surface area contributed by atoms with E-state index in [1.54, 1.807) is 0 Å². The number of allylic oxidation sites excluding steroid dienone is 8. The maximum Gasteiger partial charge on any atom is 0.306 e. The second kappa shape index (κ2) is 61.9. The van der Waals surface area contributed by atoms with E-state index in [1.807, 2.05) is 0 Å². The van der Waals surface area contributed by atoms with Crippen LogP contribution in [0.4, 0.5) is 0 Å². The molecular formula is C67H122O6. The van der Waals surface area contributed by atoms with Gasteiger partial charge in [-0.2, -0.15) is 0 Å². The molecule has 0 heterocycles. The molecule has 0 saturated carbocycles. The van der Waals surface area contributed by atoms with Crippen molar-refractivity contribution in [3.05, 3.63) is 48.6 Å². The first-order valence-electron chi connectivity index (χ1n) is 32.1. The van der Waals surface area contributed by atoms with Crippen LogP contribution in [0.1, 0.15) is 342 Å². The number of carbonyl (C=O) groups excluding carboxylic acids is 3. The van der Waals surface area contributed by atoms with E-state index in [2.05, 4.69) is 69.4 Å². The third-order valence-electron chi connectivity index (χ3n) is 14.3. The molecule has 0 aliphatic rings. The van der Waals surface area contributed by atoms with Gasteiger partial charge in [-0.15, -0.1) is 0 Å². The summed E-state index contributed by atoms with van der Waals surface area (Å²) in [5, 5.41) is 0. The van der Waals surface area contributed by atoms with Gasteiger partial charge in [0, 0.05) is 19.3 Å².